The Balaban J connectivity index is 2.13. The summed E-state index contributed by atoms with van der Waals surface area (Å²) in [6, 6.07) is 3.59. The number of carbonyl (C=O) groups is 1. The maximum absolute atomic E-state index is 11.5. The molecule has 0 N–H and O–H groups in total. The third kappa shape index (κ3) is 3.82. The first-order valence-corrected chi connectivity index (χ1v) is 6.85. The minimum atomic E-state index is -0.420. The number of likely N-dealkylation sites (tertiary alicyclic amines) is 1. The molecule has 2 heterocycles. The zero-order chi connectivity index (χ0) is 14.5. The predicted molar refractivity (Wildman–Crippen MR) is 77.4 cm³/mol. The normalized spacial score (nSPS) is 16.4. The van der Waals surface area contributed by atoms with E-state index in [1.165, 1.54) is 7.11 Å². The van der Waals surface area contributed by atoms with E-state index in [0.29, 0.717) is 11.6 Å². The van der Waals surface area contributed by atoms with E-state index in [0.717, 1.165) is 37.2 Å². The first kappa shape index (κ1) is 14.5. The van der Waals surface area contributed by atoms with Gasteiger partial charge in [-0.05, 0) is 52.0 Å². The molecule has 1 aromatic heterocycles. The zero-order valence-electron chi connectivity index (χ0n) is 12.3. The van der Waals surface area contributed by atoms with Gasteiger partial charge in [-0.25, -0.2) is 9.78 Å². The Labute approximate surface area is 120 Å². The van der Waals surface area contributed by atoms with Gasteiger partial charge in [0.05, 0.1) is 7.11 Å². The Morgan fingerprint density at radius 1 is 1.40 bits per heavy atom. The van der Waals surface area contributed by atoms with Gasteiger partial charge in [-0.3, -0.25) is 0 Å². The number of methoxy groups -OCH3 is 1. The van der Waals surface area contributed by atoms with Crippen LogP contribution in [0.15, 0.2) is 12.1 Å². The van der Waals surface area contributed by atoms with Gasteiger partial charge in [0.1, 0.15) is 5.69 Å². The highest BCUT2D eigenvalue weighted by molar-refractivity contribution is 5.87. The van der Waals surface area contributed by atoms with Crippen LogP contribution in [0, 0.1) is 24.7 Å². The molecule has 1 fully saturated rings. The molecule has 1 aliphatic heterocycles. The molecule has 4 heteroatoms. The van der Waals surface area contributed by atoms with Crippen molar-refractivity contribution in [3.05, 3.63) is 29.1 Å². The molecular weight excluding hydrogens is 252 g/mol. The van der Waals surface area contributed by atoms with Crippen LogP contribution in [0.3, 0.4) is 0 Å². The molecule has 0 aromatic carbocycles. The lowest BCUT2D eigenvalue weighted by Crippen LogP contribution is -2.29. The number of carbonyl (C=O) groups excluding carboxylic acids is 1. The van der Waals surface area contributed by atoms with Crippen molar-refractivity contribution < 1.29 is 9.53 Å². The number of nitrogens with zero attached hydrogens (tertiary/aromatic N) is 2. The monoisotopic (exact) mass is 272 g/mol. The number of hydrogen-bond donors (Lipinski definition) is 0. The summed E-state index contributed by atoms with van der Waals surface area (Å²) in [5, 5.41) is 0. The molecule has 4 nitrogen and oxygen atoms in total. The van der Waals surface area contributed by atoms with Gasteiger partial charge < -0.3 is 9.64 Å². The van der Waals surface area contributed by atoms with Crippen LogP contribution in [0.5, 0.6) is 0 Å². The van der Waals surface area contributed by atoms with Crippen molar-refractivity contribution in [3.8, 4) is 11.8 Å². The van der Waals surface area contributed by atoms with Crippen molar-refractivity contribution in [2.24, 2.45) is 5.92 Å². The predicted octanol–water partition coefficient (Wildman–Crippen LogP) is 1.87. The lowest BCUT2D eigenvalue weighted by Gasteiger charge is -2.25. The van der Waals surface area contributed by atoms with Crippen molar-refractivity contribution in [2.45, 2.75) is 19.8 Å². The molecule has 20 heavy (non-hydrogen) atoms. The molecule has 0 aliphatic carbocycles. The first-order chi connectivity index (χ1) is 9.58. The number of rotatable bonds is 1. The number of aromatic nitrogens is 1. The lowest BCUT2D eigenvalue weighted by molar-refractivity contribution is 0.0593. The van der Waals surface area contributed by atoms with Gasteiger partial charge in [0, 0.05) is 17.2 Å². The highest BCUT2D eigenvalue weighted by Crippen LogP contribution is 2.15. The summed E-state index contributed by atoms with van der Waals surface area (Å²) < 4.78 is 4.70. The van der Waals surface area contributed by atoms with Gasteiger partial charge in [-0.15, -0.1) is 0 Å². The van der Waals surface area contributed by atoms with Crippen molar-refractivity contribution in [2.75, 3.05) is 27.2 Å². The average Bonchev–Trinajstić information content (AvgIpc) is 2.45. The van der Waals surface area contributed by atoms with Crippen LogP contribution in [0.25, 0.3) is 0 Å². The van der Waals surface area contributed by atoms with Gasteiger partial charge in [-0.1, -0.05) is 11.8 Å². The van der Waals surface area contributed by atoms with Gasteiger partial charge >= 0.3 is 5.97 Å². The van der Waals surface area contributed by atoms with E-state index in [9.17, 15) is 4.79 Å². The fraction of sp³-hybridized carbons (Fsp3) is 0.500. The van der Waals surface area contributed by atoms with Crippen LogP contribution in [0.4, 0.5) is 0 Å². The maximum atomic E-state index is 11.5. The fourth-order valence-electron chi connectivity index (χ4n) is 2.29. The van der Waals surface area contributed by atoms with Crippen LogP contribution in [-0.4, -0.2) is 43.1 Å². The van der Waals surface area contributed by atoms with E-state index in [2.05, 4.69) is 28.8 Å². The Kier molecular flexibility index (Phi) is 4.75. The topological polar surface area (TPSA) is 42.4 Å². The van der Waals surface area contributed by atoms with Crippen LogP contribution >= 0.6 is 0 Å². The van der Waals surface area contributed by atoms with Crippen LogP contribution in [0.1, 0.15) is 34.6 Å². The molecular formula is C16H20N2O2. The molecule has 1 saturated heterocycles. The van der Waals surface area contributed by atoms with Gasteiger partial charge in [0.25, 0.3) is 0 Å². The summed E-state index contributed by atoms with van der Waals surface area (Å²) in [6.07, 6.45) is 2.22. The van der Waals surface area contributed by atoms with E-state index in [4.69, 9.17) is 4.74 Å². The number of pyridine rings is 1. The van der Waals surface area contributed by atoms with Crippen LogP contribution in [0.2, 0.25) is 0 Å². The Bertz CT molecular complexity index is 549. The lowest BCUT2D eigenvalue weighted by atomic mass is 9.97. The summed E-state index contributed by atoms with van der Waals surface area (Å²) in [7, 11) is 3.49. The molecule has 0 radical (unpaired) electrons. The van der Waals surface area contributed by atoms with Crippen molar-refractivity contribution in [3.63, 3.8) is 0 Å². The summed E-state index contributed by atoms with van der Waals surface area (Å²) >= 11 is 0. The molecule has 0 spiro atoms. The van der Waals surface area contributed by atoms with Crippen molar-refractivity contribution >= 4 is 5.97 Å². The second kappa shape index (κ2) is 6.53. The van der Waals surface area contributed by atoms with E-state index < -0.39 is 5.97 Å². The standard InChI is InChI=1S/C16H20N2O2/c1-12-10-14(11-15(17-12)16(19)20-3)5-4-13-6-8-18(2)9-7-13/h10-11,13H,6-9H2,1-3H3. The molecule has 2 rings (SSSR count). The fourth-order valence-corrected chi connectivity index (χ4v) is 2.29. The van der Waals surface area contributed by atoms with Crippen LogP contribution < -0.4 is 0 Å². The largest absolute Gasteiger partial charge is 0.464 e. The number of aryl methyl sites for hydroxylation is 1. The molecule has 106 valence electrons. The van der Waals surface area contributed by atoms with Gasteiger partial charge in [-0.2, -0.15) is 0 Å². The Morgan fingerprint density at radius 2 is 2.10 bits per heavy atom. The highest BCUT2D eigenvalue weighted by atomic mass is 16.5. The quantitative estimate of drug-likeness (QED) is 0.578. The summed E-state index contributed by atoms with van der Waals surface area (Å²) in [5.41, 5.74) is 1.93. The highest BCUT2D eigenvalue weighted by Gasteiger charge is 2.14. The van der Waals surface area contributed by atoms with E-state index >= 15 is 0 Å². The van der Waals surface area contributed by atoms with E-state index in [-0.39, 0.29) is 0 Å². The van der Waals surface area contributed by atoms with E-state index in [1.54, 1.807) is 6.07 Å². The van der Waals surface area contributed by atoms with Crippen molar-refractivity contribution in [1.82, 2.24) is 9.88 Å². The minimum Gasteiger partial charge on any atom is -0.464 e. The second-order valence-corrected chi connectivity index (χ2v) is 5.22. The van der Waals surface area contributed by atoms with E-state index in [1.807, 2.05) is 13.0 Å². The minimum absolute atomic E-state index is 0.320. The third-order valence-corrected chi connectivity index (χ3v) is 3.49. The SMILES string of the molecule is COC(=O)c1cc(C#CC2CCN(C)CC2)cc(C)n1. The average molecular weight is 272 g/mol. The second-order valence-electron chi connectivity index (χ2n) is 5.22. The molecule has 0 bridgehead atoms. The smallest absolute Gasteiger partial charge is 0.356 e. The van der Waals surface area contributed by atoms with Crippen LogP contribution in [-0.2, 0) is 4.74 Å². The van der Waals surface area contributed by atoms with Gasteiger partial charge in [0.2, 0.25) is 0 Å². The summed E-state index contributed by atoms with van der Waals surface area (Å²) in [5.74, 6) is 6.51. The molecule has 1 aliphatic rings. The Hall–Kier alpha value is -1.86. The number of ether oxygens (including phenoxy) is 1. The summed E-state index contributed by atoms with van der Waals surface area (Å²) in [4.78, 5) is 18.0. The molecule has 0 unspecified atom stereocenters. The first-order valence-electron chi connectivity index (χ1n) is 6.85. The van der Waals surface area contributed by atoms with Gasteiger partial charge in [0.15, 0.2) is 0 Å². The zero-order valence-corrected chi connectivity index (χ0v) is 12.3. The third-order valence-electron chi connectivity index (χ3n) is 3.49. The number of hydrogen-bond acceptors (Lipinski definition) is 4. The maximum Gasteiger partial charge on any atom is 0.356 e. The number of piperidine rings is 1. The summed E-state index contributed by atoms with van der Waals surface area (Å²) in [6.45, 7) is 4.05. The molecule has 0 atom stereocenters. The Morgan fingerprint density at radius 3 is 2.75 bits per heavy atom. The number of esters is 1. The molecule has 0 amide bonds. The molecule has 1 aromatic rings. The molecule has 0 saturated carbocycles. The van der Waals surface area contributed by atoms with Crippen molar-refractivity contribution in [1.29, 1.82) is 0 Å².